The van der Waals surface area contributed by atoms with E-state index < -0.39 is 0 Å². The Bertz CT molecular complexity index is 2450. The maximum Gasteiger partial charge on any atom is 0.143 e. The van der Waals surface area contributed by atoms with Crippen molar-refractivity contribution < 1.29 is 8.83 Å². The first-order valence-corrected chi connectivity index (χ1v) is 14.5. The highest BCUT2D eigenvalue weighted by Crippen LogP contribution is 2.46. The van der Waals surface area contributed by atoms with E-state index in [1.165, 1.54) is 10.8 Å². The molecule has 0 atom stereocenters. The van der Waals surface area contributed by atoms with E-state index in [9.17, 15) is 0 Å². The van der Waals surface area contributed by atoms with Crippen molar-refractivity contribution in [3.05, 3.63) is 152 Å². The molecule has 0 radical (unpaired) electrons. The summed E-state index contributed by atoms with van der Waals surface area (Å²) in [5.74, 6) is 0. The first-order valence-electron chi connectivity index (χ1n) is 14.5. The van der Waals surface area contributed by atoms with Gasteiger partial charge in [-0.2, -0.15) is 0 Å². The van der Waals surface area contributed by atoms with Crippen LogP contribution in [0.1, 0.15) is 0 Å². The predicted octanol–water partition coefficient (Wildman–Crippen LogP) is 11.8. The van der Waals surface area contributed by atoms with Crippen LogP contribution in [-0.4, -0.2) is 0 Å². The first kappa shape index (κ1) is 23.9. The number of para-hydroxylation sites is 2. The van der Waals surface area contributed by atoms with Crippen LogP contribution in [-0.2, 0) is 0 Å². The van der Waals surface area contributed by atoms with Gasteiger partial charge in [0.2, 0.25) is 0 Å². The Morgan fingerprint density at radius 3 is 1.98 bits per heavy atom. The molecular weight excluding hydrogens is 526 g/mol. The SMILES string of the molecule is c1ccc(-c2cc3ccccc3c3c2oc2ccc(N(c4ccccc4)c4cccc5oc6ccccc6c45)cc23)cc1. The zero-order valence-corrected chi connectivity index (χ0v) is 23.2. The van der Waals surface area contributed by atoms with Gasteiger partial charge in [0.15, 0.2) is 0 Å². The fourth-order valence-electron chi connectivity index (χ4n) is 6.53. The molecule has 3 heteroatoms. The molecule has 202 valence electrons. The third-order valence-corrected chi connectivity index (χ3v) is 8.42. The molecule has 0 saturated heterocycles. The van der Waals surface area contributed by atoms with Crippen LogP contribution in [0.25, 0.3) is 65.8 Å². The smallest absolute Gasteiger partial charge is 0.143 e. The molecule has 0 spiro atoms. The lowest BCUT2D eigenvalue weighted by Gasteiger charge is -2.26. The first-order chi connectivity index (χ1) is 21.3. The third-order valence-electron chi connectivity index (χ3n) is 8.42. The van der Waals surface area contributed by atoms with Crippen LogP contribution < -0.4 is 4.90 Å². The quantitative estimate of drug-likeness (QED) is 0.218. The Hall–Kier alpha value is -5.80. The summed E-state index contributed by atoms with van der Waals surface area (Å²) >= 11 is 0. The number of rotatable bonds is 4. The zero-order chi connectivity index (χ0) is 28.3. The molecule has 9 rings (SSSR count). The summed E-state index contributed by atoms with van der Waals surface area (Å²) in [7, 11) is 0. The summed E-state index contributed by atoms with van der Waals surface area (Å²) < 4.78 is 13.0. The monoisotopic (exact) mass is 551 g/mol. The summed E-state index contributed by atoms with van der Waals surface area (Å²) in [4.78, 5) is 2.33. The van der Waals surface area contributed by atoms with Crippen LogP contribution in [0.2, 0.25) is 0 Å². The van der Waals surface area contributed by atoms with Crippen molar-refractivity contribution >= 4 is 71.7 Å². The van der Waals surface area contributed by atoms with Crippen molar-refractivity contribution in [2.24, 2.45) is 0 Å². The zero-order valence-electron chi connectivity index (χ0n) is 23.2. The molecule has 0 saturated carbocycles. The van der Waals surface area contributed by atoms with E-state index in [0.29, 0.717) is 0 Å². The molecule has 2 aromatic heterocycles. The topological polar surface area (TPSA) is 29.5 Å². The highest BCUT2D eigenvalue weighted by Gasteiger charge is 2.22. The van der Waals surface area contributed by atoms with Gasteiger partial charge in [-0.3, -0.25) is 0 Å². The molecule has 7 aromatic carbocycles. The van der Waals surface area contributed by atoms with Gasteiger partial charge in [-0.05, 0) is 70.9 Å². The van der Waals surface area contributed by atoms with Gasteiger partial charge in [0, 0.05) is 33.1 Å². The summed E-state index contributed by atoms with van der Waals surface area (Å²) in [6, 6.07) is 53.0. The Morgan fingerprint density at radius 2 is 1.12 bits per heavy atom. The van der Waals surface area contributed by atoms with Gasteiger partial charge < -0.3 is 13.7 Å². The minimum atomic E-state index is 0.868. The minimum Gasteiger partial charge on any atom is -0.456 e. The van der Waals surface area contributed by atoms with Crippen molar-refractivity contribution in [2.45, 2.75) is 0 Å². The second-order valence-corrected chi connectivity index (χ2v) is 10.9. The Kier molecular flexibility index (Phi) is 5.20. The Balaban J connectivity index is 1.36. The fourth-order valence-corrected chi connectivity index (χ4v) is 6.53. The number of benzene rings is 7. The van der Waals surface area contributed by atoms with Crippen LogP contribution in [0.15, 0.2) is 160 Å². The van der Waals surface area contributed by atoms with Gasteiger partial charge in [0.1, 0.15) is 22.3 Å². The van der Waals surface area contributed by atoms with Crippen molar-refractivity contribution in [3.8, 4) is 11.1 Å². The molecule has 0 N–H and O–H groups in total. The molecule has 0 aliphatic rings. The number of furan rings is 2. The van der Waals surface area contributed by atoms with Gasteiger partial charge in [-0.25, -0.2) is 0 Å². The molecule has 0 aliphatic carbocycles. The number of anilines is 3. The summed E-state index contributed by atoms with van der Waals surface area (Å²) in [6.45, 7) is 0. The predicted molar refractivity (Wildman–Crippen MR) is 179 cm³/mol. The van der Waals surface area contributed by atoms with E-state index in [-0.39, 0.29) is 0 Å². The van der Waals surface area contributed by atoms with E-state index in [4.69, 9.17) is 8.83 Å². The highest BCUT2D eigenvalue weighted by atomic mass is 16.3. The molecule has 2 heterocycles. The van der Waals surface area contributed by atoms with Crippen LogP contribution in [0, 0.1) is 0 Å². The number of nitrogens with zero attached hydrogens (tertiary/aromatic N) is 1. The van der Waals surface area contributed by atoms with Crippen LogP contribution >= 0.6 is 0 Å². The Morgan fingerprint density at radius 1 is 0.419 bits per heavy atom. The van der Waals surface area contributed by atoms with Gasteiger partial charge in [-0.15, -0.1) is 0 Å². The standard InChI is InChI=1S/C40H25NO2/c1-3-12-26(13-4-1)32-24-27-14-7-8-17-30(27)38-33-25-29(22-23-36(33)43-40(32)38)41(28-15-5-2-6-16-28)34-19-11-21-37-39(34)31-18-9-10-20-35(31)42-37/h1-25H. The van der Waals surface area contributed by atoms with Gasteiger partial charge in [0.05, 0.1) is 11.1 Å². The van der Waals surface area contributed by atoms with Crippen molar-refractivity contribution in [1.82, 2.24) is 0 Å². The van der Waals surface area contributed by atoms with E-state index in [0.717, 1.165) is 72.1 Å². The molecule has 0 bridgehead atoms. The van der Waals surface area contributed by atoms with E-state index in [1.54, 1.807) is 0 Å². The molecule has 0 aliphatic heterocycles. The maximum absolute atomic E-state index is 6.67. The number of hydrogen-bond donors (Lipinski definition) is 0. The second kappa shape index (κ2) is 9.37. The average molecular weight is 552 g/mol. The van der Waals surface area contributed by atoms with Crippen molar-refractivity contribution in [3.63, 3.8) is 0 Å². The lowest BCUT2D eigenvalue weighted by atomic mass is 9.96. The molecule has 3 nitrogen and oxygen atoms in total. The fraction of sp³-hybridized carbons (Fsp3) is 0. The second-order valence-electron chi connectivity index (χ2n) is 10.9. The third kappa shape index (κ3) is 3.68. The van der Waals surface area contributed by atoms with Crippen LogP contribution in [0.4, 0.5) is 17.1 Å². The van der Waals surface area contributed by atoms with Crippen LogP contribution in [0.5, 0.6) is 0 Å². The van der Waals surface area contributed by atoms with Crippen molar-refractivity contribution in [1.29, 1.82) is 0 Å². The normalized spacial score (nSPS) is 11.7. The average Bonchev–Trinajstić information content (AvgIpc) is 3.65. The van der Waals surface area contributed by atoms with Crippen molar-refractivity contribution in [2.75, 3.05) is 4.90 Å². The lowest BCUT2D eigenvalue weighted by molar-refractivity contribution is 0.669. The maximum atomic E-state index is 6.67. The van der Waals surface area contributed by atoms with E-state index in [2.05, 4.69) is 138 Å². The van der Waals surface area contributed by atoms with Gasteiger partial charge in [0.25, 0.3) is 0 Å². The molecular formula is C40H25NO2. The van der Waals surface area contributed by atoms with E-state index >= 15 is 0 Å². The summed E-state index contributed by atoms with van der Waals surface area (Å²) in [6.07, 6.45) is 0. The Labute approximate surface area is 247 Å². The molecule has 0 fully saturated rings. The molecule has 0 unspecified atom stereocenters. The summed E-state index contributed by atoms with van der Waals surface area (Å²) in [5, 5.41) is 6.79. The number of hydrogen-bond acceptors (Lipinski definition) is 3. The largest absolute Gasteiger partial charge is 0.456 e. The minimum absolute atomic E-state index is 0.868. The lowest BCUT2D eigenvalue weighted by Crippen LogP contribution is -2.10. The van der Waals surface area contributed by atoms with E-state index in [1.807, 2.05) is 18.2 Å². The highest BCUT2D eigenvalue weighted by molar-refractivity contribution is 6.23. The molecule has 43 heavy (non-hydrogen) atoms. The molecule has 9 aromatic rings. The van der Waals surface area contributed by atoms with Crippen LogP contribution in [0.3, 0.4) is 0 Å². The van der Waals surface area contributed by atoms with Gasteiger partial charge >= 0.3 is 0 Å². The number of fused-ring (bicyclic) bond motifs is 8. The summed E-state index contributed by atoms with van der Waals surface area (Å²) in [5.41, 5.74) is 8.95. The van der Waals surface area contributed by atoms with Gasteiger partial charge in [-0.1, -0.05) is 97.1 Å². The molecule has 0 amide bonds.